The minimum atomic E-state index is 0.733. The molecule has 4 unspecified atom stereocenters. The van der Waals surface area contributed by atoms with E-state index in [1.165, 1.54) is 19.4 Å². The molecule has 1 heteroatoms. The van der Waals surface area contributed by atoms with E-state index in [0.29, 0.717) is 0 Å². The van der Waals surface area contributed by atoms with Gasteiger partial charge in [0, 0.05) is 18.6 Å². The van der Waals surface area contributed by atoms with Gasteiger partial charge in [-0.05, 0) is 56.3 Å². The van der Waals surface area contributed by atoms with Crippen molar-refractivity contribution in [2.75, 3.05) is 6.54 Å². The van der Waals surface area contributed by atoms with Crippen LogP contribution in [0.3, 0.4) is 0 Å². The smallest absolute Gasteiger partial charge is 0.0132 e. The van der Waals surface area contributed by atoms with Gasteiger partial charge in [-0.3, -0.25) is 4.90 Å². The molecule has 1 aliphatic carbocycles. The first-order valence-electron chi connectivity index (χ1n) is 7.69. The molecule has 1 saturated carbocycles. The Kier molecular flexibility index (Phi) is 3.87. The lowest BCUT2D eigenvalue weighted by atomic mass is 9.58. The maximum Gasteiger partial charge on any atom is 0.0132 e. The van der Waals surface area contributed by atoms with Crippen LogP contribution in [0.1, 0.15) is 54.4 Å². The van der Waals surface area contributed by atoms with Gasteiger partial charge in [-0.15, -0.1) is 0 Å². The van der Waals surface area contributed by atoms with Crippen LogP contribution in [-0.4, -0.2) is 23.5 Å². The molecule has 100 valence electrons. The van der Waals surface area contributed by atoms with Gasteiger partial charge in [0.25, 0.3) is 0 Å². The van der Waals surface area contributed by atoms with E-state index in [0.717, 1.165) is 41.7 Å². The van der Waals surface area contributed by atoms with Crippen LogP contribution in [0.2, 0.25) is 0 Å². The van der Waals surface area contributed by atoms with Crippen LogP contribution in [0.5, 0.6) is 0 Å². The molecule has 2 saturated heterocycles. The summed E-state index contributed by atoms with van der Waals surface area (Å²) in [6.45, 7) is 15.9. The summed E-state index contributed by atoms with van der Waals surface area (Å²) in [5, 5.41) is 0. The molecule has 2 bridgehead atoms. The van der Waals surface area contributed by atoms with Crippen molar-refractivity contribution in [3.05, 3.63) is 0 Å². The predicted octanol–water partition coefficient (Wildman–Crippen LogP) is 4.03. The fourth-order valence-corrected chi connectivity index (χ4v) is 4.82. The topological polar surface area (TPSA) is 3.24 Å². The summed E-state index contributed by atoms with van der Waals surface area (Å²) in [6, 6.07) is 1.60. The predicted molar refractivity (Wildman–Crippen MR) is 75.0 cm³/mol. The van der Waals surface area contributed by atoms with E-state index in [2.05, 4.69) is 46.4 Å². The van der Waals surface area contributed by atoms with Gasteiger partial charge in [-0.25, -0.2) is 0 Å². The van der Waals surface area contributed by atoms with E-state index >= 15 is 0 Å². The minimum Gasteiger partial charge on any atom is -0.297 e. The molecule has 4 atom stereocenters. The highest BCUT2D eigenvalue weighted by Crippen LogP contribution is 2.49. The maximum absolute atomic E-state index is 2.80. The third-order valence-electron chi connectivity index (χ3n) is 5.34. The van der Waals surface area contributed by atoms with Crippen LogP contribution in [0, 0.1) is 29.6 Å². The summed E-state index contributed by atoms with van der Waals surface area (Å²) < 4.78 is 0. The van der Waals surface area contributed by atoms with Crippen LogP contribution in [0.25, 0.3) is 0 Å². The Morgan fingerprint density at radius 1 is 0.824 bits per heavy atom. The fraction of sp³-hybridized carbons (Fsp3) is 1.00. The molecule has 0 amide bonds. The Bertz CT molecular complexity index is 256. The highest BCUT2D eigenvalue weighted by atomic mass is 15.2. The number of fused-ring (bicyclic) bond motifs is 3. The second kappa shape index (κ2) is 4.91. The molecule has 0 N–H and O–H groups in total. The number of piperidine rings is 2. The Morgan fingerprint density at radius 3 is 1.88 bits per heavy atom. The summed E-state index contributed by atoms with van der Waals surface area (Å²) in [6.07, 6.45) is 2.94. The van der Waals surface area contributed by atoms with E-state index < -0.39 is 0 Å². The van der Waals surface area contributed by atoms with Gasteiger partial charge in [-0.1, -0.05) is 27.7 Å². The molecule has 3 aliphatic rings. The molecule has 0 spiro atoms. The fourth-order valence-electron chi connectivity index (χ4n) is 4.82. The molecule has 2 heterocycles. The minimum absolute atomic E-state index is 0.733. The third-order valence-corrected chi connectivity index (χ3v) is 5.34. The highest BCUT2D eigenvalue weighted by molar-refractivity contribution is 5.01. The van der Waals surface area contributed by atoms with Crippen molar-refractivity contribution < 1.29 is 0 Å². The normalized spacial score (nSPS) is 38.6. The van der Waals surface area contributed by atoms with Gasteiger partial charge in [0.15, 0.2) is 0 Å². The Morgan fingerprint density at radius 2 is 1.41 bits per heavy atom. The number of hydrogen-bond donors (Lipinski definition) is 0. The average Bonchev–Trinajstić information content (AvgIpc) is 2.27. The molecule has 0 aromatic carbocycles. The van der Waals surface area contributed by atoms with Gasteiger partial charge in [0.1, 0.15) is 0 Å². The first-order chi connectivity index (χ1) is 7.93. The van der Waals surface area contributed by atoms with Crippen molar-refractivity contribution in [2.24, 2.45) is 29.6 Å². The standard InChI is InChI=1S/C16H31N/c1-10(2)15-13-7-8-14(16(15)11(3)4)17(9-13)12(5)6/h10-16H,7-9H2,1-6H3. The van der Waals surface area contributed by atoms with Gasteiger partial charge >= 0.3 is 0 Å². The van der Waals surface area contributed by atoms with E-state index in [1.54, 1.807) is 0 Å². The van der Waals surface area contributed by atoms with Crippen LogP contribution in [0.15, 0.2) is 0 Å². The summed E-state index contributed by atoms with van der Waals surface area (Å²) in [7, 11) is 0. The van der Waals surface area contributed by atoms with Crippen molar-refractivity contribution >= 4 is 0 Å². The average molecular weight is 237 g/mol. The van der Waals surface area contributed by atoms with Gasteiger partial charge in [0.05, 0.1) is 0 Å². The van der Waals surface area contributed by atoms with Crippen LogP contribution < -0.4 is 0 Å². The first-order valence-corrected chi connectivity index (χ1v) is 7.69. The van der Waals surface area contributed by atoms with E-state index in [-0.39, 0.29) is 0 Å². The van der Waals surface area contributed by atoms with Crippen LogP contribution >= 0.6 is 0 Å². The molecule has 3 rings (SSSR count). The molecule has 17 heavy (non-hydrogen) atoms. The summed E-state index contributed by atoms with van der Waals surface area (Å²) in [5.74, 6) is 4.59. The zero-order valence-corrected chi connectivity index (χ0v) is 12.6. The van der Waals surface area contributed by atoms with Crippen molar-refractivity contribution in [3.63, 3.8) is 0 Å². The summed E-state index contributed by atoms with van der Waals surface area (Å²) in [4.78, 5) is 2.80. The third kappa shape index (κ3) is 2.28. The van der Waals surface area contributed by atoms with E-state index in [9.17, 15) is 0 Å². The molecule has 1 nitrogen and oxygen atoms in total. The molecule has 0 radical (unpaired) electrons. The van der Waals surface area contributed by atoms with Crippen LogP contribution in [0.4, 0.5) is 0 Å². The van der Waals surface area contributed by atoms with Crippen LogP contribution in [-0.2, 0) is 0 Å². The molecule has 2 aliphatic heterocycles. The molecular weight excluding hydrogens is 206 g/mol. The Hall–Kier alpha value is -0.0400. The zero-order chi connectivity index (χ0) is 12.7. The number of nitrogens with zero attached hydrogens (tertiary/aromatic N) is 1. The SMILES string of the molecule is CC(C)C1C2CCC(C1C(C)C)N(C(C)C)C2. The number of hydrogen-bond acceptors (Lipinski definition) is 1. The molecule has 0 aromatic rings. The zero-order valence-electron chi connectivity index (χ0n) is 12.6. The van der Waals surface area contributed by atoms with Crippen molar-refractivity contribution in [3.8, 4) is 0 Å². The lowest BCUT2D eigenvalue weighted by Crippen LogP contribution is -2.61. The van der Waals surface area contributed by atoms with Gasteiger partial charge < -0.3 is 0 Å². The lowest BCUT2D eigenvalue weighted by molar-refractivity contribution is -0.0941. The second-order valence-corrected chi connectivity index (χ2v) is 7.34. The molecular formula is C16H31N. The Labute approximate surface area is 108 Å². The maximum atomic E-state index is 2.80. The highest BCUT2D eigenvalue weighted by Gasteiger charge is 2.49. The first kappa shape index (κ1) is 13.4. The quantitative estimate of drug-likeness (QED) is 0.716. The largest absolute Gasteiger partial charge is 0.297 e. The summed E-state index contributed by atoms with van der Waals surface area (Å²) in [5.41, 5.74) is 0. The van der Waals surface area contributed by atoms with Gasteiger partial charge in [-0.2, -0.15) is 0 Å². The lowest BCUT2D eigenvalue weighted by Gasteiger charge is -2.58. The van der Waals surface area contributed by atoms with E-state index in [1.807, 2.05) is 0 Å². The number of rotatable bonds is 3. The molecule has 0 aromatic heterocycles. The van der Waals surface area contributed by atoms with Crippen molar-refractivity contribution in [1.82, 2.24) is 4.90 Å². The van der Waals surface area contributed by atoms with Crippen molar-refractivity contribution in [2.45, 2.75) is 66.5 Å². The summed E-state index contributed by atoms with van der Waals surface area (Å²) >= 11 is 0. The van der Waals surface area contributed by atoms with Gasteiger partial charge in [0.2, 0.25) is 0 Å². The second-order valence-electron chi connectivity index (χ2n) is 7.34. The van der Waals surface area contributed by atoms with Crippen molar-refractivity contribution in [1.29, 1.82) is 0 Å². The molecule has 3 fully saturated rings. The van der Waals surface area contributed by atoms with E-state index in [4.69, 9.17) is 0 Å². The Balaban J connectivity index is 2.25. The monoisotopic (exact) mass is 237 g/mol.